The number of carbonyl (C=O) groups is 1. The highest BCUT2D eigenvalue weighted by molar-refractivity contribution is 5.85. The molecule has 0 aliphatic carbocycles. The molecule has 0 bridgehead atoms. The maximum absolute atomic E-state index is 11.6. The van der Waals surface area contributed by atoms with Crippen LogP contribution in [0, 0.1) is 5.92 Å². The van der Waals surface area contributed by atoms with Crippen molar-refractivity contribution in [2.75, 3.05) is 26.2 Å². The molecular formula is C10H21ClN2O2. The third kappa shape index (κ3) is 4.82. The van der Waals surface area contributed by atoms with E-state index in [2.05, 4.69) is 0 Å². The minimum absolute atomic E-state index is 0. The van der Waals surface area contributed by atoms with Gasteiger partial charge in [-0.1, -0.05) is 0 Å². The fraction of sp³-hybridized carbons (Fsp3) is 0.900. The van der Waals surface area contributed by atoms with Crippen LogP contribution in [-0.2, 0) is 9.53 Å². The summed E-state index contributed by atoms with van der Waals surface area (Å²) in [6.45, 7) is 6.38. The van der Waals surface area contributed by atoms with Crippen LogP contribution in [0.25, 0.3) is 0 Å². The average molecular weight is 237 g/mol. The number of likely N-dealkylation sites (tertiary alicyclic amines) is 1. The van der Waals surface area contributed by atoms with Crippen molar-refractivity contribution in [3.8, 4) is 0 Å². The van der Waals surface area contributed by atoms with Gasteiger partial charge in [0, 0.05) is 13.1 Å². The molecule has 1 saturated heterocycles. The van der Waals surface area contributed by atoms with Crippen LogP contribution in [-0.4, -0.2) is 43.2 Å². The zero-order chi connectivity index (χ0) is 10.6. The van der Waals surface area contributed by atoms with Crippen LogP contribution in [0.3, 0.4) is 0 Å². The van der Waals surface area contributed by atoms with E-state index in [-0.39, 0.29) is 31.0 Å². The lowest BCUT2D eigenvalue weighted by Gasteiger charge is -2.17. The van der Waals surface area contributed by atoms with Gasteiger partial charge in [0.1, 0.15) is 6.61 Å². The molecule has 2 N–H and O–H groups in total. The molecule has 1 fully saturated rings. The highest BCUT2D eigenvalue weighted by Gasteiger charge is 2.24. The topological polar surface area (TPSA) is 55.6 Å². The molecule has 0 aromatic carbocycles. The Bertz CT molecular complexity index is 200. The summed E-state index contributed by atoms with van der Waals surface area (Å²) in [5.74, 6) is 0.577. The van der Waals surface area contributed by atoms with Crippen molar-refractivity contribution in [2.45, 2.75) is 26.4 Å². The summed E-state index contributed by atoms with van der Waals surface area (Å²) in [6, 6.07) is 0. The first kappa shape index (κ1) is 14.7. The summed E-state index contributed by atoms with van der Waals surface area (Å²) in [5, 5.41) is 0. The molecule has 0 radical (unpaired) electrons. The monoisotopic (exact) mass is 236 g/mol. The predicted octanol–water partition coefficient (Wildman–Crippen LogP) is 0.640. The Kier molecular flexibility index (Phi) is 6.89. The van der Waals surface area contributed by atoms with Crippen LogP contribution in [0.1, 0.15) is 20.3 Å². The third-order valence-electron chi connectivity index (χ3n) is 2.51. The molecule has 5 heteroatoms. The van der Waals surface area contributed by atoms with E-state index in [0.29, 0.717) is 12.5 Å². The number of ether oxygens (including phenoxy) is 1. The minimum Gasteiger partial charge on any atom is -0.369 e. The van der Waals surface area contributed by atoms with Gasteiger partial charge in [-0.05, 0) is 32.7 Å². The standard InChI is InChI=1S/C10H20N2O2.ClH/c1-8(2)14-7-10(13)12-4-3-9(5-11)6-12;/h8-9H,3-7,11H2,1-2H3;1H. The largest absolute Gasteiger partial charge is 0.369 e. The van der Waals surface area contributed by atoms with Crippen molar-refractivity contribution in [1.82, 2.24) is 4.90 Å². The van der Waals surface area contributed by atoms with Gasteiger partial charge in [-0.3, -0.25) is 4.79 Å². The van der Waals surface area contributed by atoms with Crippen LogP contribution in [0.2, 0.25) is 0 Å². The number of amides is 1. The average Bonchev–Trinajstić information content (AvgIpc) is 2.62. The van der Waals surface area contributed by atoms with Gasteiger partial charge in [0.15, 0.2) is 0 Å². The third-order valence-corrected chi connectivity index (χ3v) is 2.51. The lowest BCUT2D eigenvalue weighted by molar-refractivity contribution is -0.136. The SMILES string of the molecule is CC(C)OCC(=O)N1CCC(CN)C1.Cl. The summed E-state index contributed by atoms with van der Waals surface area (Å²) in [5.41, 5.74) is 5.55. The number of nitrogens with zero attached hydrogens (tertiary/aromatic N) is 1. The Morgan fingerprint density at radius 3 is 2.73 bits per heavy atom. The van der Waals surface area contributed by atoms with Crippen molar-refractivity contribution in [3.05, 3.63) is 0 Å². The maximum atomic E-state index is 11.6. The Labute approximate surface area is 97.5 Å². The minimum atomic E-state index is 0. The van der Waals surface area contributed by atoms with Crippen molar-refractivity contribution >= 4 is 18.3 Å². The molecule has 0 aromatic heterocycles. The zero-order valence-corrected chi connectivity index (χ0v) is 10.3. The highest BCUT2D eigenvalue weighted by atomic mass is 35.5. The van der Waals surface area contributed by atoms with Crippen LogP contribution in [0.15, 0.2) is 0 Å². The normalized spacial score (nSPS) is 20.5. The van der Waals surface area contributed by atoms with Crippen molar-refractivity contribution in [1.29, 1.82) is 0 Å². The molecule has 1 amide bonds. The summed E-state index contributed by atoms with van der Waals surface area (Å²) in [7, 11) is 0. The van der Waals surface area contributed by atoms with Crippen LogP contribution in [0.5, 0.6) is 0 Å². The first-order chi connectivity index (χ1) is 6.63. The fourth-order valence-corrected chi connectivity index (χ4v) is 1.58. The zero-order valence-electron chi connectivity index (χ0n) is 9.44. The van der Waals surface area contributed by atoms with Gasteiger partial charge in [0.25, 0.3) is 0 Å². The molecule has 1 aliphatic rings. The number of hydrogen-bond acceptors (Lipinski definition) is 3. The number of hydrogen-bond donors (Lipinski definition) is 1. The Morgan fingerprint density at radius 2 is 2.27 bits per heavy atom. The Morgan fingerprint density at radius 1 is 1.60 bits per heavy atom. The summed E-state index contributed by atoms with van der Waals surface area (Å²) in [6.07, 6.45) is 1.15. The second-order valence-electron chi connectivity index (χ2n) is 4.09. The van der Waals surface area contributed by atoms with Crippen LogP contribution < -0.4 is 5.73 Å². The summed E-state index contributed by atoms with van der Waals surface area (Å²) < 4.78 is 5.26. The molecule has 1 aliphatic heterocycles. The maximum Gasteiger partial charge on any atom is 0.248 e. The number of nitrogens with two attached hydrogens (primary N) is 1. The van der Waals surface area contributed by atoms with E-state index >= 15 is 0 Å². The second-order valence-corrected chi connectivity index (χ2v) is 4.09. The van der Waals surface area contributed by atoms with Gasteiger partial charge in [0.05, 0.1) is 6.10 Å². The van der Waals surface area contributed by atoms with Gasteiger partial charge in [-0.15, -0.1) is 12.4 Å². The molecule has 4 nitrogen and oxygen atoms in total. The first-order valence-corrected chi connectivity index (χ1v) is 5.23. The fourth-order valence-electron chi connectivity index (χ4n) is 1.58. The molecule has 90 valence electrons. The molecule has 0 spiro atoms. The first-order valence-electron chi connectivity index (χ1n) is 5.23. The lowest BCUT2D eigenvalue weighted by Crippen LogP contribution is -2.33. The van der Waals surface area contributed by atoms with Crippen molar-refractivity contribution in [3.63, 3.8) is 0 Å². The Hall–Kier alpha value is -0.320. The number of halogens is 1. The van der Waals surface area contributed by atoms with E-state index in [0.717, 1.165) is 19.5 Å². The van der Waals surface area contributed by atoms with Crippen molar-refractivity contribution in [2.24, 2.45) is 11.7 Å². The lowest BCUT2D eigenvalue weighted by atomic mass is 10.1. The number of carbonyl (C=O) groups excluding carboxylic acids is 1. The number of rotatable bonds is 4. The van der Waals surface area contributed by atoms with Crippen LogP contribution >= 0.6 is 12.4 Å². The van der Waals surface area contributed by atoms with E-state index in [9.17, 15) is 4.79 Å². The van der Waals surface area contributed by atoms with Gasteiger partial charge in [-0.2, -0.15) is 0 Å². The van der Waals surface area contributed by atoms with Gasteiger partial charge >= 0.3 is 0 Å². The Balaban J connectivity index is 0.00000196. The molecule has 15 heavy (non-hydrogen) atoms. The van der Waals surface area contributed by atoms with Gasteiger partial charge in [-0.25, -0.2) is 0 Å². The summed E-state index contributed by atoms with van der Waals surface area (Å²) >= 11 is 0. The smallest absolute Gasteiger partial charge is 0.248 e. The second kappa shape index (κ2) is 7.04. The van der Waals surface area contributed by atoms with E-state index in [1.165, 1.54) is 0 Å². The molecule has 0 saturated carbocycles. The molecule has 1 atom stereocenters. The van der Waals surface area contributed by atoms with Crippen molar-refractivity contribution < 1.29 is 9.53 Å². The molecule has 1 heterocycles. The highest BCUT2D eigenvalue weighted by Crippen LogP contribution is 2.14. The van der Waals surface area contributed by atoms with Crippen LogP contribution in [0.4, 0.5) is 0 Å². The molecule has 0 aromatic rings. The predicted molar refractivity (Wildman–Crippen MR) is 62.1 cm³/mol. The van der Waals surface area contributed by atoms with E-state index in [1.807, 2.05) is 18.7 Å². The summed E-state index contributed by atoms with van der Waals surface area (Å²) in [4.78, 5) is 13.4. The van der Waals surface area contributed by atoms with Gasteiger partial charge in [0.2, 0.25) is 5.91 Å². The molecule has 1 unspecified atom stereocenters. The molecule has 1 rings (SSSR count). The van der Waals surface area contributed by atoms with Gasteiger partial charge < -0.3 is 15.4 Å². The quantitative estimate of drug-likeness (QED) is 0.780. The van der Waals surface area contributed by atoms with E-state index in [1.54, 1.807) is 0 Å². The molecular weight excluding hydrogens is 216 g/mol. The van der Waals surface area contributed by atoms with E-state index < -0.39 is 0 Å². The van der Waals surface area contributed by atoms with E-state index in [4.69, 9.17) is 10.5 Å².